The number of benzene rings is 1. The Bertz CT molecular complexity index is 525. The average Bonchev–Trinajstić information content (AvgIpc) is 2.80. The van der Waals surface area contributed by atoms with E-state index in [1.807, 2.05) is 34.9 Å². The van der Waals surface area contributed by atoms with E-state index in [4.69, 9.17) is 16.3 Å². The molecule has 1 heterocycles. The molecule has 0 radical (unpaired) electrons. The molecule has 1 aromatic heterocycles. The third-order valence-corrected chi connectivity index (χ3v) is 3.32. The van der Waals surface area contributed by atoms with Crippen LogP contribution in [0.1, 0.15) is 20.3 Å². The number of nitrogens with zero attached hydrogens (tertiary/aromatic N) is 3. The van der Waals surface area contributed by atoms with Crippen LogP contribution in [-0.2, 0) is 11.3 Å². The van der Waals surface area contributed by atoms with E-state index >= 15 is 0 Å². The predicted molar refractivity (Wildman–Crippen MR) is 80.7 cm³/mol. The van der Waals surface area contributed by atoms with Gasteiger partial charge in [-0.15, -0.1) is 10.2 Å². The number of rotatable bonds is 7. The summed E-state index contributed by atoms with van der Waals surface area (Å²) in [4.78, 5) is 0. The van der Waals surface area contributed by atoms with Gasteiger partial charge in [0.15, 0.2) is 5.82 Å². The summed E-state index contributed by atoms with van der Waals surface area (Å²) in [5, 5.41) is 8.48. The van der Waals surface area contributed by atoms with E-state index < -0.39 is 0 Å². The van der Waals surface area contributed by atoms with Crippen molar-refractivity contribution in [3.05, 3.63) is 35.6 Å². The largest absolute Gasteiger partial charge is 0.380 e. The normalized spacial score (nSPS) is 11.2. The monoisotopic (exact) mass is 293 g/mol. The molecule has 20 heavy (non-hydrogen) atoms. The van der Waals surface area contributed by atoms with Crippen LogP contribution in [0.2, 0.25) is 5.28 Å². The van der Waals surface area contributed by atoms with Gasteiger partial charge in [0.05, 0.1) is 13.2 Å². The van der Waals surface area contributed by atoms with E-state index in [0.29, 0.717) is 24.4 Å². The van der Waals surface area contributed by atoms with Gasteiger partial charge in [0.1, 0.15) is 0 Å². The first-order chi connectivity index (χ1) is 9.68. The van der Waals surface area contributed by atoms with Gasteiger partial charge in [0.25, 0.3) is 0 Å². The lowest BCUT2D eigenvalue weighted by atomic mass is 10.1. The van der Waals surface area contributed by atoms with Crippen molar-refractivity contribution in [2.45, 2.75) is 26.8 Å². The Labute approximate surface area is 124 Å². The van der Waals surface area contributed by atoms with Gasteiger partial charge < -0.3 is 4.74 Å². The van der Waals surface area contributed by atoms with Crippen molar-refractivity contribution < 1.29 is 4.74 Å². The highest BCUT2D eigenvalue weighted by atomic mass is 35.5. The Morgan fingerprint density at radius 1 is 1.15 bits per heavy atom. The van der Waals surface area contributed by atoms with E-state index in [1.165, 1.54) is 0 Å². The minimum absolute atomic E-state index is 0.399. The third kappa shape index (κ3) is 4.05. The second kappa shape index (κ2) is 7.41. The molecule has 1 aromatic carbocycles. The van der Waals surface area contributed by atoms with Crippen LogP contribution < -0.4 is 0 Å². The molecule has 0 atom stereocenters. The summed E-state index contributed by atoms with van der Waals surface area (Å²) in [7, 11) is 0. The molecule has 0 saturated heterocycles. The lowest BCUT2D eigenvalue weighted by Gasteiger charge is -2.09. The molecular weight excluding hydrogens is 274 g/mol. The Morgan fingerprint density at radius 2 is 1.90 bits per heavy atom. The van der Waals surface area contributed by atoms with E-state index in [2.05, 4.69) is 24.0 Å². The average molecular weight is 294 g/mol. The van der Waals surface area contributed by atoms with Crippen LogP contribution in [0.25, 0.3) is 11.4 Å². The molecule has 2 rings (SSSR count). The van der Waals surface area contributed by atoms with Crippen molar-refractivity contribution in [3.63, 3.8) is 0 Å². The number of aromatic nitrogens is 3. The highest BCUT2D eigenvalue weighted by Gasteiger charge is 2.11. The van der Waals surface area contributed by atoms with E-state index in [9.17, 15) is 0 Å². The quantitative estimate of drug-likeness (QED) is 0.731. The smallest absolute Gasteiger partial charge is 0.225 e. The fourth-order valence-corrected chi connectivity index (χ4v) is 2.06. The summed E-state index contributed by atoms with van der Waals surface area (Å²) < 4.78 is 7.51. The first-order valence-corrected chi connectivity index (χ1v) is 7.28. The van der Waals surface area contributed by atoms with Crippen molar-refractivity contribution in [1.82, 2.24) is 14.8 Å². The van der Waals surface area contributed by atoms with Gasteiger partial charge in [-0.2, -0.15) is 0 Å². The molecule has 0 saturated carbocycles. The Balaban J connectivity index is 1.96. The molecule has 0 unspecified atom stereocenters. The molecule has 0 spiro atoms. The molecule has 108 valence electrons. The lowest BCUT2D eigenvalue weighted by molar-refractivity contribution is 0.116. The summed E-state index contributed by atoms with van der Waals surface area (Å²) >= 11 is 6.09. The van der Waals surface area contributed by atoms with Crippen LogP contribution in [0.15, 0.2) is 30.3 Å². The predicted octanol–water partition coefficient (Wildman–Crippen LogP) is 3.66. The summed E-state index contributed by atoms with van der Waals surface area (Å²) in [6, 6.07) is 9.91. The van der Waals surface area contributed by atoms with Crippen molar-refractivity contribution in [2.75, 3.05) is 13.2 Å². The van der Waals surface area contributed by atoms with Crippen molar-refractivity contribution in [1.29, 1.82) is 0 Å². The molecule has 2 aromatic rings. The van der Waals surface area contributed by atoms with Gasteiger partial charge in [-0.05, 0) is 23.9 Å². The van der Waals surface area contributed by atoms with Crippen LogP contribution >= 0.6 is 11.6 Å². The van der Waals surface area contributed by atoms with Crippen LogP contribution in [0, 0.1) is 5.92 Å². The van der Waals surface area contributed by atoms with Crippen molar-refractivity contribution in [2.24, 2.45) is 5.92 Å². The van der Waals surface area contributed by atoms with Gasteiger partial charge in [-0.3, -0.25) is 4.57 Å². The first kappa shape index (κ1) is 15.0. The zero-order valence-electron chi connectivity index (χ0n) is 11.9. The van der Waals surface area contributed by atoms with Gasteiger partial charge in [0, 0.05) is 12.2 Å². The number of ether oxygens (including phenoxy) is 1. The summed E-state index contributed by atoms with van der Waals surface area (Å²) in [5.41, 5.74) is 1.01. The van der Waals surface area contributed by atoms with Gasteiger partial charge in [-0.25, -0.2) is 0 Å². The fraction of sp³-hybridized carbons (Fsp3) is 0.467. The Kier molecular flexibility index (Phi) is 5.56. The van der Waals surface area contributed by atoms with Crippen LogP contribution in [0.4, 0.5) is 0 Å². The lowest BCUT2D eigenvalue weighted by Crippen LogP contribution is -2.09. The zero-order chi connectivity index (χ0) is 14.4. The minimum atomic E-state index is 0.399. The topological polar surface area (TPSA) is 39.9 Å². The van der Waals surface area contributed by atoms with Crippen molar-refractivity contribution >= 4 is 11.6 Å². The maximum atomic E-state index is 6.09. The molecule has 0 amide bonds. The molecule has 0 aliphatic rings. The van der Waals surface area contributed by atoms with Crippen molar-refractivity contribution in [3.8, 4) is 11.4 Å². The molecule has 0 bridgehead atoms. The molecule has 0 aliphatic carbocycles. The van der Waals surface area contributed by atoms with Gasteiger partial charge in [-0.1, -0.05) is 44.2 Å². The summed E-state index contributed by atoms with van der Waals surface area (Å²) in [5.74, 6) is 1.44. The number of halogens is 1. The number of hydrogen-bond donors (Lipinski definition) is 0. The van der Waals surface area contributed by atoms with Crippen LogP contribution in [-0.4, -0.2) is 28.0 Å². The van der Waals surface area contributed by atoms with Crippen LogP contribution in [0.5, 0.6) is 0 Å². The Hall–Kier alpha value is -1.39. The van der Waals surface area contributed by atoms with Gasteiger partial charge in [0.2, 0.25) is 5.28 Å². The maximum Gasteiger partial charge on any atom is 0.225 e. The molecular formula is C15H20ClN3O. The molecule has 0 aliphatic heterocycles. The maximum absolute atomic E-state index is 6.09. The SMILES string of the molecule is CC(C)CCOCCn1c(Cl)nnc1-c1ccccc1. The summed E-state index contributed by atoms with van der Waals surface area (Å²) in [6.45, 7) is 6.43. The molecule has 0 N–H and O–H groups in total. The van der Waals surface area contributed by atoms with E-state index in [-0.39, 0.29) is 0 Å². The van der Waals surface area contributed by atoms with E-state index in [1.54, 1.807) is 0 Å². The fourth-order valence-electron chi connectivity index (χ4n) is 1.86. The molecule has 0 fully saturated rings. The third-order valence-electron chi connectivity index (χ3n) is 3.04. The minimum Gasteiger partial charge on any atom is -0.380 e. The highest BCUT2D eigenvalue weighted by Crippen LogP contribution is 2.20. The van der Waals surface area contributed by atoms with E-state index in [0.717, 1.165) is 24.4 Å². The standard InChI is InChI=1S/C15H20ClN3O/c1-12(2)8-10-20-11-9-19-14(17-18-15(19)16)13-6-4-3-5-7-13/h3-7,12H,8-11H2,1-2H3. The highest BCUT2D eigenvalue weighted by molar-refractivity contribution is 6.28. The Morgan fingerprint density at radius 3 is 2.60 bits per heavy atom. The second-order valence-electron chi connectivity index (χ2n) is 5.11. The van der Waals surface area contributed by atoms with Gasteiger partial charge >= 0.3 is 0 Å². The number of hydrogen-bond acceptors (Lipinski definition) is 3. The second-order valence-corrected chi connectivity index (χ2v) is 5.44. The molecule has 4 nitrogen and oxygen atoms in total. The zero-order valence-corrected chi connectivity index (χ0v) is 12.7. The first-order valence-electron chi connectivity index (χ1n) is 6.90. The van der Waals surface area contributed by atoms with Crippen LogP contribution in [0.3, 0.4) is 0 Å². The summed E-state index contributed by atoms with van der Waals surface area (Å²) in [6.07, 6.45) is 1.07. The molecule has 5 heteroatoms.